The van der Waals surface area contributed by atoms with Gasteiger partial charge < -0.3 is 36.6 Å². The molecule has 0 aliphatic carbocycles. The van der Waals surface area contributed by atoms with Gasteiger partial charge in [0.1, 0.15) is 23.7 Å². The summed E-state index contributed by atoms with van der Waals surface area (Å²) >= 11 is 0. The summed E-state index contributed by atoms with van der Waals surface area (Å²) in [6.07, 6.45) is 15.4. The Balaban J connectivity index is 0.000000241. The smallest absolute Gasteiger partial charge is 0.870 e. The van der Waals surface area contributed by atoms with Crippen LogP contribution in [-0.2, 0) is 40.0 Å². The molecule has 2 saturated heterocycles. The molecule has 2 fully saturated rings. The SMILES string of the molecule is CCOC(=O)C(c1ccccc1)N1CCC(NCCCCc2ccc3c(n2)NCCC3)CC1.O=C(O)C(c1ccccc1)N1CCC(NCCCCc2ccc3c(n2)NCCC3)CC1.[Li+].[OH-]. The number of rotatable bonds is 19. The fraction of sp³-hybridized carbons (Fsp3) is 0.538. The van der Waals surface area contributed by atoms with Crippen molar-refractivity contribution in [2.24, 2.45) is 0 Å². The van der Waals surface area contributed by atoms with E-state index in [0.29, 0.717) is 18.7 Å². The van der Waals surface area contributed by atoms with Crippen LogP contribution in [-0.4, -0.2) is 113 Å². The first kappa shape index (κ1) is 52.6. The molecule has 0 bridgehead atoms. The molecule has 14 heteroatoms. The zero-order chi connectivity index (χ0) is 44.4. The predicted molar refractivity (Wildman–Crippen MR) is 258 cm³/mol. The van der Waals surface area contributed by atoms with Gasteiger partial charge in [-0.15, -0.1) is 0 Å². The number of unbranched alkanes of at least 4 members (excludes halogenated alkanes) is 2. The molecule has 0 radical (unpaired) electrons. The number of aromatic nitrogens is 2. The molecule has 13 nitrogen and oxygen atoms in total. The van der Waals surface area contributed by atoms with Crippen molar-refractivity contribution in [3.63, 3.8) is 0 Å². The van der Waals surface area contributed by atoms with Crippen LogP contribution in [0.15, 0.2) is 84.9 Å². The van der Waals surface area contributed by atoms with E-state index in [1.54, 1.807) is 0 Å². The van der Waals surface area contributed by atoms with Gasteiger partial charge in [0.2, 0.25) is 0 Å². The second-order valence-corrected chi connectivity index (χ2v) is 17.8. The Morgan fingerprint density at radius 3 is 1.55 bits per heavy atom. The molecule has 2 aromatic carbocycles. The van der Waals surface area contributed by atoms with Gasteiger partial charge in [-0.3, -0.25) is 14.6 Å². The zero-order valence-corrected chi connectivity index (χ0v) is 39.6. The van der Waals surface area contributed by atoms with E-state index in [1.807, 2.05) is 67.6 Å². The molecule has 352 valence electrons. The first-order valence-electron chi connectivity index (χ1n) is 24.3. The fourth-order valence-electron chi connectivity index (χ4n) is 9.71. The van der Waals surface area contributed by atoms with Crippen LogP contribution in [0, 0.1) is 0 Å². The van der Waals surface area contributed by atoms with Crippen LogP contribution in [0.1, 0.15) is 117 Å². The number of aliphatic carboxylic acids is 1. The number of carbonyl (C=O) groups excluding carboxylic acids is 1. The third kappa shape index (κ3) is 15.6. The Morgan fingerprint density at radius 1 is 0.667 bits per heavy atom. The second kappa shape index (κ2) is 28.1. The van der Waals surface area contributed by atoms with E-state index in [0.717, 1.165) is 152 Å². The number of hydrogen-bond acceptors (Lipinski definition) is 12. The first-order chi connectivity index (χ1) is 31.4. The van der Waals surface area contributed by atoms with Gasteiger partial charge >= 0.3 is 30.8 Å². The number of anilines is 2. The summed E-state index contributed by atoms with van der Waals surface area (Å²) < 4.78 is 5.39. The van der Waals surface area contributed by atoms with E-state index in [2.05, 4.69) is 55.3 Å². The van der Waals surface area contributed by atoms with Crippen LogP contribution in [0.25, 0.3) is 0 Å². The number of pyridine rings is 2. The summed E-state index contributed by atoms with van der Waals surface area (Å²) in [6.45, 7) is 9.84. The molecule has 0 spiro atoms. The molecule has 8 rings (SSSR count). The van der Waals surface area contributed by atoms with Crippen LogP contribution in [0.2, 0.25) is 0 Å². The van der Waals surface area contributed by atoms with E-state index < -0.39 is 12.0 Å². The minimum Gasteiger partial charge on any atom is -0.870 e. The van der Waals surface area contributed by atoms with E-state index in [-0.39, 0.29) is 36.3 Å². The van der Waals surface area contributed by atoms with E-state index >= 15 is 0 Å². The predicted octanol–water partition coefficient (Wildman–Crippen LogP) is 4.59. The number of hydrogen-bond donors (Lipinski definition) is 5. The van der Waals surface area contributed by atoms with Crippen molar-refractivity contribution in [1.29, 1.82) is 0 Å². The molecular formula is C52H73LiN8O5. The molecule has 2 atom stereocenters. The minimum atomic E-state index is -0.761. The van der Waals surface area contributed by atoms with Crippen LogP contribution in [0.5, 0.6) is 0 Å². The largest absolute Gasteiger partial charge is 1.00 e. The standard InChI is InChI=1S/C27H38N4O2.C25H34N4O2.Li.H2O/c1-2-33-27(32)25(21-9-4-3-5-10-21)31-19-15-23(16-20-31)28-17-7-6-12-24-14-13-22-11-8-18-29-26(22)30-24;30-25(31)23(19-7-2-1-3-8-19)29-17-13-21(14-18-29)26-15-5-4-10-22-12-11-20-9-6-16-27-24(20)28-22;;/h3-5,9-10,13-14,23,25,28H,2,6-8,11-12,15-20H2,1H3,(H,29,30);1-3,7-8,11-12,21,23,26H,4-6,9-10,13-18H2,(H,27,28)(H,30,31);;1H2/q;;+1;/p-1. The minimum absolute atomic E-state index is 0. The summed E-state index contributed by atoms with van der Waals surface area (Å²) in [5.41, 5.74) is 6.97. The van der Waals surface area contributed by atoms with Gasteiger partial charge in [-0.2, -0.15) is 0 Å². The molecule has 4 aromatic rings. The molecule has 4 aliphatic heterocycles. The van der Waals surface area contributed by atoms with Crippen LogP contribution >= 0.6 is 0 Å². The van der Waals surface area contributed by atoms with E-state index in [4.69, 9.17) is 14.7 Å². The third-order valence-electron chi connectivity index (χ3n) is 13.3. The molecule has 2 aromatic heterocycles. The van der Waals surface area contributed by atoms with Crippen molar-refractivity contribution in [2.45, 2.75) is 121 Å². The maximum absolute atomic E-state index is 12.7. The Morgan fingerprint density at radius 2 is 1.11 bits per heavy atom. The molecule has 0 amide bonds. The Kier molecular flexibility index (Phi) is 22.4. The molecule has 66 heavy (non-hydrogen) atoms. The Bertz CT molecular complexity index is 2030. The van der Waals surface area contributed by atoms with Gasteiger partial charge in [0.15, 0.2) is 0 Å². The Hall–Kier alpha value is -4.32. The van der Waals surface area contributed by atoms with Crippen molar-refractivity contribution in [3.8, 4) is 0 Å². The number of nitrogens with zero attached hydrogens (tertiary/aromatic N) is 4. The average molecular weight is 897 g/mol. The van der Waals surface area contributed by atoms with Crippen LogP contribution in [0.3, 0.4) is 0 Å². The number of esters is 1. The maximum Gasteiger partial charge on any atom is 1.00 e. The van der Waals surface area contributed by atoms with Crippen molar-refractivity contribution in [2.75, 3.05) is 69.6 Å². The molecule has 4 aliphatic rings. The van der Waals surface area contributed by atoms with E-state index in [9.17, 15) is 14.7 Å². The fourth-order valence-corrected chi connectivity index (χ4v) is 9.71. The summed E-state index contributed by atoms with van der Waals surface area (Å²) in [5, 5.41) is 24.0. The van der Waals surface area contributed by atoms with Gasteiger partial charge in [0.25, 0.3) is 0 Å². The van der Waals surface area contributed by atoms with Crippen molar-refractivity contribution >= 4 is 23.6 Å². The number of piperidine rings is 2. The topological polar surface area (TPSA) is 174 Å². The van der Waals surface area contributed by atoms with Crippen LogP contribution < -0.4 is 40.1 Å². The number of benzene rings is 2. The van der Waals surface area contributed by atoms with Crippen LogP contribution in [0.4, 0.5) is 11.6 Å². The number of carbonyl (C=O) groups is 2. The molecular weight excluding hydrogens is 824 g/mol. The van der Waals surface area contributed by atoms with Gasteiger partial charge in [0.05, 0.1) is 6.61 Å². The summed E-state index contributed by atoms with van der Waals surface area (Å²) in [6, 6.07) is 28.6. The second-order valence-electron chi connectivity index (χ2n) is 17.8. The number of nitrogens with one attached hydrogen (secondary N) is 4. The number of fused-ring (bicyclic) bond motifs is 2. The summed E-state index contributed by atoms with van der Waals surface area (Å²) in [4.78, 5) is 38.5. The number of likely N-dealkylation sites (tertiary alicyclic amines) is 2. The van der Waals surface area contributed by atoms with E-state index in [1.165, 1.54) is 35.4 Å². The zero-order valence-electron chi connectivity index (χ0n) is 39.6. The number of carboxylic acid groups (broad SMARTS) is 1. The summed E-state index contributed by atoms with van der Waals surface area (Å²) in [5.74, 6) is 1.29. The summed E-state index contributed by atoms with van der Waals surface area (Å²) in [7, 11) is 0. The normalized spacial score (nSPS) is 17.4. The number of aryl methyl sites for hydroxylation is 4. The van der Waals surface area contributed by atoms with Gasteiger partial charge in [-0.1, -0.05) is 72.8 Å². The molecule has 0 saturated carbocycles. The quantitative estimate of drug-likeness (QED) is 0.0503. The molecule has 6 heterocycles. The average Bonchev–Trinajstić information content (AvgIpc) is 3.33. The molecule has 6 N–H and O–H groups in total. The van der Waals surface area contributed by atoms with Crippen molar-refractivity contribution < 1.29 is 43.8 Å². The third-order valence-corrected chi connectivity index (χ3v) is 13.3. The first-order valence-corrected chi connectivity index (χ1v) is 24.3. The van der Waals surface area contributed by atoms with Gasteiger partial charge in [0, 0.05) is 62.7 Å². The van der Waals surface area contributed by atoms with Gasteiger partial charge in [-0.25, -0.2) is 14.8 Å². The van der Waals surface area contributed by atoms with Crippen molar-refractivity contribution in [3.05, 3.63) is 119 Å². The molecule has 2 unspecified atom stereocenters. The Labute approximate surface area is 405 Å². The monoisotopic (exact) mass is 897 g/mol. The van der Waals surface area contributed by atoms with Gasteiger partial charge in [-0.05, 0) is 144 Å². The maximum atomic E-state index is 12.7. The number of carboxylic acids is 1. The number of ether oxygens (including phenoxy) is 1. The van der Waals surface area contributed by atoms with Crippen molar-refractivity contribution in [1.82, 2.24) is 30.4 Å².